The second-order valence-electron chi connectivity index (χ2n) is 5.62. The van der Waals surface area contributed by atoms with E-state index in [4.69, 9.17) is 0 Å². The second-order valence-corrected chi connectivity index (χ2v) is 6.48. The SMILES string of the molecule is CC(C)c1ccc([C@H](C)NC(=O)Nc2ccccc2Br)cc1. The van der Waals surface area contributed by atoms with Crippen LogP contribution in [0.25, 0.3) is 0 Å². The number of hydrogen-bond acceptors (Lipinski definition) is 1. The minimum atomic E-state index is -0.215. The Morgan fingerprint density at radius 1 is 0.955 bits per heavy atom. The second kappa shape index (κ2) is 7.45. The summed E-state index contributed by atoms with van der Waals surface area (Å²) < 4.78 is 0.860. The first kappa shape index (κ1) is 16.6. The van der Waals surface area contributed by atoms with Crippen LogP contribution in [0.1, 0.15) is 43.9 Å². The summed E-state index contributed by atoms with van der Waals surface area (Å²) in [5, 5.41) is 5.79. The quantitative estimate of drug-likeness (QED) is 0.746. The van der Waals surface area contributed by atoms with Crippen molar-refractivity contribution in [1.82, 2.24) is 5.32 Å². The molecular formula is C18H21BrN2O. The molecule has 4 heteroatoms. The summed E-state index contributed by atoms with van der Waals surface area (Å²) in [4.78, 5) is 12.1. The van der Waals surface area contributed by atoms with Gasteiger partial charge in [-0.3, -0.25) is 0 Å². The topological polar surface area (TPSA) is 41.1 Å². The molecule has 0 aliphatic rings. The van der Waals surface area contributed by atoms with Gasteiger partial charge in [0, 0.05) is 4.47 Å². The smallest absolute Gasteiger partial charge is 0.319 e. The molecule has 2 amide bonds. The molecule has 0 bridgehead atoms. The fourth-order valence-corrected chi connectivity index (χ4v) is 2.55. The molecule has 0 fully saturated rings. The Bertz CT molecular complexity index is 638. The number of para-hydroxylation sites is 1. The molecule has 2 aromatic rings. The van der Waals surface area contributed by atoms with E-state index in [0.717, 1.165) is 15.7 Å². The third-order valence-corrected chi connectivity index (χ3v) is 4.26. The van der Waals surface area contributed by atoms with Crippen LogP contribution in [0.4, 0.5) is 10.5 Å². The summed E-state index contributed by atoms with van der Waals surface area (Å²) in [6, 6.07) is 15.6. The Hall–Kier alpha value is -1.81. The van der Waals surface area contributed by atoms with E-state index in [9.17, 15) is 4.79 Å². The number of benzene rings is 2. The van der Waals surface area contributed by atoms with Crippen molar-refractivity contribution in [2.24, 2.45) is 0 Å². The van der Waals surface area contributed by atoms with Crippen LogP contribution in [0.15, 0.2) is 53.0 Å². The molecule has 0 saturated carbocycles. The maximum absolute atomic E-state index is 12.1. The van der Waals surface area contributed by atoms with Crippen LogP contribution in [-0.2, 0) is 0 Å². The van der Waals surface area contributed by atoms with Gasteiger partial charge in [-0.15, -0.1) is 0 Å². The first-order valence-electron chi connectivity index (χ1n) is 7.39. The van der Waals surface area contributed by atoms with Crippen LogP contribution in [0.3, 0.4) is 0 Å². The first-order chi connectivity index (χ1) is 10.5. The molecule has 0 spiro atoms. The van der Waals surface area contributed by atoms with E-state index in [1.54, 1.807) is 0 Å². The van der Waals surface area contributed by atoms with Crippen molar-refractivity contribution in [2.75, 3.05) is 5.32 Å². The Kier molecular flexibility index (Phi) is 5.61. The van der Waals surface area contributed by atoms with Gasteiger partial charge in [-0.1, -0.05) is 50.2 Å². The van der Waals surface area contributed by atoms with Crippen molar-refractivity contribution < 1.29 is 4.79 Å². The predicted octanol–water partition coefficient (Wildman–Crippen LogP) is 5.46. The number of nitrogens with one attached hydrogen (secondary N) is 2. The van der Waals surface area contributed by atoms with Gasteiger partial charge in [0.15, 0.2) is 0 Å². The van der Waals surface area contributed by atoms with Crippen LogP contribution < -0.4 is 10.6 Å². The summed E-state index contributed by atoms with van der Waals surface area (Å²) in [5.74, 6) is 0.510. The van der Waals surface area contributed by atoms with Gasteiger partial charge >= 0.3 is 6.03 Å². The third-order valence-electron chi connectivity index (χ3n) is 3.57. The standard InChI is InChI=1S/C18H21BrN2O/c1-12(2)14-8-10-15(11-9-14)13(3)20-18(22)21-17-7-5-4-6-16(17)19/h4-13H,1-3H3,(H2,20,21,22)/t13-/m0/s1. The average Bonchev–Trinajstić information content (AvgIpc) is 2.49. The molecule has 0 aliphatic carbocycles. The molecule has 0 heterocycles. The highest BCUT2D eigenvalue weighted by Gasteiger charge is 2.11. The Morgan fingerprint density at radius 3 is 2.14 bits per heavy atom. The van der Waals surface area contributed by atoms with Crippen molar-refractivity contribution in [3.05, 3.63) is 64.1 Å². The molecule has 0 saturated heterocycles. The molecule has 2 aromatic carbocycles. The van der Waals surface area contributed by atoms with Crippen LogP contribution in [0, 0.1) is 0 Å². The zero-order valence-electron chi connectivity index (χ0n) is 13.1. The highest BCUT2D eigenvalue weighted by Crippen LogP contribution is 2.22. The molecule has 116 valence electrons. The van der Waals surface area contributed by atoms with E-state index >= 15 is 0 Å². The molecule has 1 atom stereocenters. The lowest BCUT2D eigenvalue weighted by atomic mass is 10.00. The number of hydrogen-bond donors (Lipinski definition) is 2. The van der Waals surface area contributed by atoms with Crippen molar-refractivity contribution in [2.45, 2.75) is 32.7 Å². The summed E-state index contributed by atoms with van der Waals surface area (Å²) in [7, 11) is 0. The Balaban J connectivity index is 1.97. The van der Waals surface area contributed by atoms with E-state index in [0.29, 0.717) is 5.92 Å². The van der Waals surface area contributed by atoms with Gasteiger partial charge in [0.05, 0.1) is 11.7 Å². The Labute approximate surface area is 140 Å². The van der Waals surface area contributed by atoms with Gasteiger partial charge in [-0.25, -0.2) is 4.79 Å². The van der Waals surface area contributed by atoms with Gasteiger partial charge in [0.2, 0.25) is 0 Å². The van der Waals surface area contributed by atoms with Crippen LogP contribution >= 0.6 is 15.9 Å². The van der Waals surface area contributed by atoms with E-state index in [-0.39, 0.29) is 12.1 Å². The fourth-order valence-electron chi connectivity index (χ4n) is 2.17. The maximum atomic E-state index is 12.1. The molecule has 0 radical (unpaired) electrons. The van der Waals surface area contributed by atoms with Gasteiger partial charge in [0.1, 0.15) is 0 Å². The third kappa shape index (κ3) is 4.34. The summed E-state index contributed by atoms with van der Waals surface area (Å²) in [6.07, 6.45) is 0. The Morgan fingerprint density at radius 2 is 1.55 bits per heavy atom. The van der Waals surface area contributed by atoms with Crippen molar-refractivity contribution in [3.63, 3.8) is 0 Å². The first-order valence-corrected chi connectivity index (χ1v) is 8.18. The average molecular weight is 361 g/mol. The molecule has 2 rings (SSSR count). The van der Waals surface area contributed by atoms with Crippen LogP contribution in [0.5, 0.6) is 0 Å². The van der Waals surface area contributed by atoms with Gasteiger partial charge in [0.25, 0.3) is 0 Å². The molecule has 0 unspecified atom stereocenters. The number of urea groups is 1. The number of halogens is 1. The van der Waals surface area contributed by atoms with Crippen molar-refractivity contribution >= 4 is 27.6 Å². The van der Waals surface area contributed by atoms with Gasteiger partial charge in [-0.05, 0) is 52.0 Å². The predicted molar refractivity (Wildman–Crippen MR) is 95.2 cm³/mol. The normalized spacial score (nSPS) is 12.0. The lowest BCUT2D eigenvalue weighted by molar-refractivity contribution is 0.249. The molecule has 2 N–H and O–H groups in total. The van der Waals surface area contributed by atoms with Crippen molar-refractivity contribution in [1.29, 1.82) is 0 Å². The van der Waals surface area contributed by atoms with Crippen LogP contribution in [0.2, 0.25) is 0 Å². The summed E-state index contributed by atoms with van der Waals surface area (Å²) in [5.41, 5.74) is 3.14. The number of anilines is 1. The monoisotopic (exact) mass is 360 g/mol. The van der Waals surface area contributed by atoms with E-state index in [2.05, 4.69) is 64.7 Å². The molecular weight excluding hydrogens is 340 g/mol. The van der Waals surface area contributed by atoms with Gasteiger partial charge < -0.3 is 10.6 Å². The minimum absolute atomic E-state index is 0.0521. The van der Waals surface area contributed by atoms with Crippen molar-refractivity contribution in [3.8, 4) is 0 Å². The van der Waals surface area contributed by atoms with E-state index in [1.165, 1.54) is 5.56 Å². The minimum Gasteiger partial charge on any atom is -0.331 e. The van der Waals surface area contributed by atoms with Gasteiger partial charge in [-0.2, -0.15) is 0 Å². The fraction of sp³-hybridized carbons (Fsp3) is 0.278. The molecule has 3 nitrogen and oxygen atoms in total. The number of rotatable bonds is 4. The highest BCUT2D eigenvalue weighted by atomic mass is 79.9. The maximum Gasteiger partial charge on any atom is 0.319 e. The number of amides is 2. The molecule has 22 heavy (non-hydrogen) atoms. The molecule has 0 aliphatic heterocycles. The zero-order chi connectivity index (χ0) is 16.1. The summed E-state index contributed by atoms with van der Waals surface area (Å²) >= 11 is 3.41. The molecule has 0 aromatic heterocycles. The largest absolute Gasteiger partial charge is 0.331 e. The van der Waals surface area contributed by atoms with Crippen LogP contribution in [-0.4, -0.2) is 6.03 Å². The van der Waals surface area contributed by atoms with E-state index in [1.807, 2.05) is 31.2 Å². The number of carbonyl (C=O) groups is 1. The van der Waals surface area contributed by atoms with E-state index < -0.39 is 0 Å². The number of carbonyl (C=O) groups excluding carboxylic acids is 1. The lowest BCUT2D eigenvalue weighted by Gasteiger charge is -2.16. The summed E-state index contributed by atoms with van der Waals surface area (Å²) in [6.45, 7) is 6.31. The zero-order valence-corrected chi connectivity index (χ0v) is 14.6. The highest BCUT2D eigenvalue weighted by molar-refractivity contribution is 9.10. The lowest BCUT2D eigenvalue weighted by Crippen LogP contribution is -2.31.